The van der Waals surface area contributed by atoms with E-state index < -0.39 is 5.97 Å². The van der Waals surface area contributed by atoms with Gasteiger partial charge in [-0.1, -0.05) is 47.7 Å². The largest absolute Gasteiger partial charge is 0.456 e. The van der Waals surface area contributed by atoms with Crippen LogP contribution in [0.25, 0.3) is 6.08 Å². The summed E-state index contributed by atoms with van der Waals surface area (Å²) in [5.74, 6) is -0.406. The lowest BCUT2D eigenvalue weighted by molar-refractivity contribution is -0.139. The Hall–Kier alpha value is -2.48. The van der Waals surface area contributed by atoms with E-state index in [0.717, 1.165) is 11.1 Å². The highest BCUT2D eigenvalue weighted by molar-refractivity contribution is 14.1. The Balaban J connectivity index is 1.50. The zero-order chi connectivity index (χ0) is 17.5. The molecule has 6 heteroatoms. The van der Waals surface area contributed by atoms with Crippen LogP contribution >= 0.6 is 22.6 Å². The first-order chi connectivity index (χ1) is 12.2. The Morgan fingerprint density at radius 2 is 1.88 bits per heavy atom. The first-order valence-corrected chi connectivity index (χ1v) is 8.80. The highest BCUT2D eigenvalue weighted by atomic mass is 127. The fraction of sp³-hybridized carbons (Fsp3) is 0.105. The lowest BCUT2D eigenvalue weighted by atomic mass is 10.2. The zero-order valence-electron chi connectivity index (χ0n) is 13.4. The van der Waals surface area contributed by atoms with Crippen molar-refractivity contribution in [2.75, 3.05) is 0 Å². The second-order valence-electron chi connectivity index (χ2n) is 5.39. The predicted molar refractivity (Wildman–Crippen MR) is 104 cm³/mol. The fourth-order valence-electron chi connectivity index (χ4n) is 2.18. The second-order valence-corrected chi connectivity index (χ2v) is 6.63. The molecule has 126 valence electrons. The van der Waals surface area contributed by atoms with Crippen LogP contribution in [0.4, 0.5) is 0 Å². The lowest BCUT2D eigenvalue weighted by Crippen LogP contribution is -2.01. The van der Waals surface area contributed by atoms with Gasteiger partial charge >= 0.3 is 5.97 Å². The number of carbonyl (C=O) groups is 1. The number of ether oxygens (including phenoxy) is 1. The van der Waals surface area contributed by atoms with E-state index in [1.54, 1.807) is 17.0 Å². The van der Waals surface area contributed by atoms with Crippen LogP contribution in [0.5, 0.6) is 0 Å². The van der Waals surface area contributed by atoms with Gasteiger partial charge in [-0.25, -0.2) is 9.48 Å². The van der Waals surface area contributed by atoms with Gasteiger partial charge in [0.2, 0.25) is 0 Å². The van der Waals surface area contributed by atoms with Crippen LogP contribution in [0.3, 0.4) is 0 Å². The van der Waals surface area contributed by atoms with Gasteiger partial charge in [0, 0.05) is 9.65 Å². The minimum Gasteiger partial charge on any atom is -0.456 e. The van der Waals surface area contributed by atoms with Gasteiger partial charge < -0.3 is 4.74 Å². The van der Waals surface area contributed by atoms with Crippen molar-refractivity contribution in [2.45, 2.75) is 13.2 Å². The van der Waals surface area contributed by atoms with E-state index in [0.29, 0.717) is 12.2 Å². The molecule has 5 nitrogen and oxygen atoms in total. The summed E-state index contributed by atoms with van der Waals surface area (Å²) in [7, 11) is 0. The molecule has 1 aromatic heterocycles. The molecule has 0 bridgehead atoms. The second kappa shape index (κ2) is 8.57. The maximum Gasteiger partial charge on any atom is 0.331 e. The summed E-state index contributed by atoms with van der Waals surface area (Å²) in [6, 6.07) is 17.8. The van der Waals surface area contributed by atoms with Crippen LogP contribution in [-0.2, 0) is 22.7 Å². The van der Waals surface area contributed by atoms with E-state index in [9.17, 15) is 4.79 Å². The monoisotopic (exact) mass is 445 g/mol. The minimum atomic E-state index is -0.406. The summed E-state index contributed by atoms with van der Waals surface area (Å²) >= 11 is 2.27. The number of benzene rings is 2. The molecule has 0 unspecified atom stereocenters. The van der Waals surface area contributed by atoms with E-state index >= 15 is 0 Å². The molecule has 1 heterocycles. The Bertz CT molecular complexity index is 858. The van der Waals surface area contributed by atoms with Crippen molar-refractivity contribution in [1.82, 2.24) is 15.0 Å². The Morgan fingerprint density at radius 1 is 1.12 bits per heavy atom. The highest BCUT2D eigenvalue weighted by Crippen LogP contribution is 2.08. The van der Waals surface area contributed by atoms with Gasteiger partial charge in [0.1, 0.15) is 12.3 Å². The van der Waals surface area contributed by atoms with Gasteiger partial charge in [-0.15, -0.1) is 5.10 Å². The highest BCUT2D eigenvalue weighted by Gasteiger charge is 2.04. The number of hydrogen-bond donors (Lipinski definition) is 0. The number of carbonyl (C=O) groups excluding carboxylic acids is 1. The number of hydrogen-bond acceptors (Lipinski definition) is 4. The average Bonchev–Trinajstić information content (AvgIpc) is 3.08. The first kappa shape index (κ1) is 17.3. The number of rotatable bonds is 6. The quantitative estimate of drug-likeness (QED) is 0.330. The molecule has 3 aromatic rings. The molecule has 0 spiro atoms. The van der Waals surface area contributed by atoms with Gasteiger partial charge in [0.05, 0.1) is 12.7 Å². The van der Waals surface area contributed by atoms with E-state index in [1.807, 2.05) is 30.3 Å². The van der Waals surface area contributed by atoms with Crippen LogP contribution in [0.2, 0.25) is 0 Å². The minimum absolute atomic E-state index is 0.102. The van der Waals surface area contributed by atoms with Crippen molar-refractivity contribution in [3.63, 3.8) is 0 Å². The Kier molecular flexibility index (Phi) is 5.95. The van der Waals surface area contributed by atoms with Gasteiger partial charge in [-0.2, -0.15) is 0 Å². The number of halogens is 1. The molecule has 25 heavy (non-hydrogen) atoms. The third-order valence-electron chi connectivity index (χ3n) is 3.42. The molecular formula is C19H16IN3O2. The molecule has 2 aromatic carbocycles. The summed E-state index contributed by atoms with van der Waals surface area (Å²) in [5.41, 5.74) is 2.70. The average molecular weight is 445 g/mol. The Labute approximate surface area is 159 Å². The Morgan fingerprint density at radius 3 is 2.64 bits per heavy atom. The van der Waals surface area contributed by atoms with Crippen LogP contribution in [0.15, 0.2) is 66.9 Å². The smallest absolute Gasteiger partial charge is 0.331 e. The topological polar surface area (TPSA) is 57.0 Å². The number of nitrogens with zero attached hydrogens (tertiary/aromatic N) is 3. The molecule has 0 saturated carbocycles. The van der Waals surface area contributed by atoms with Crippen molar-refractivity contribution in [2.24, 2.45) is 0 Å². The van der Waals surface area contributed by atoms with Crippen molar-refractivity contribution in [3.05, 3.63) is 87.3 Å². The van der Waals surface area contributed by atoms with Crippen LogP contribution in [-0.4, -0.2) is 21.0 Å². The summed E-state index contributed by atoms with van der Waals surface area (Å²) in [6.45, 7) is 0.733. The van der Waals surface area contributed by atoms with Gasteiger partial charge in [0.25, 0.3) is 0 Å². The van der Waals surface area contributed by atoms with Crippen molar-refractivity contribution in [1.29, 1.82) is 0 Å². The van der Waals surface area contributed by atoms with Crippen molar-refractivity contribution < 1.29 is 9.53 Å². The van der Waals surface area contributed by atoms with E-state index in [-0.39, 0.29) is 6.61 Å². The number of esters is 1. The normalized spacial score (nSPS) is 10.9. The number of aromatic nitrogens is 3. The summed E-state index contributed by atoms with van der Waals surface area (Å²) in [4.78, 5) is 11.8. The standard InChI is InChI=1S/C19H16IN3O2/c20-17-9-6-16(7-10-17)12-23-13-18(21-22-23)14-25-19(24)11-8-15-4-2-1-3-5-15/h1-11,13H,12,14H2/b11-8+. The molecular weight excluding hydrogens is 429 g/mol. The molecule has 0 aliphatic heterocycles. The van der Waals surface area contributed by atoms with Crippen LogP contribution in [0, 0.1) is 3.57 Å². The molecule has 3 rings (SSSR count). The van der Waals surface area contributed by atoms with Crippen molar-refractivity contribution >= 4 is 34.6 Å². The maximum absolute atomic E-state index is 11.8. The van der Waals surface area contributed by atoms with E-state index in [1.165, 1.54) is 9.65 Å². The van der Waals surface area contributed by atoms with E-state index in [2.05, 4.69) is 57.2 Å². The molecule has 0 atom stereocenters. The lowest BCUT2D eigenvalue weighted by Gasteiger charge is -2.01. The fourth-order valence-corrected chi connectivity index (χ4v) is 2.54. The van der Waals surface area contributed by atoms with Crippen LogP contribution < -0.4 is 0 Å². The molecule has 0 radical (unpaired) electrons. The molecule has 0 aliphatic carbocycles. The van der Waals surface area contributed by atoms with Gasteiger partial charge in [-0.05, 0) is 51.9 Å². The third-order valence-corrected chi connectivity index (χ3v) is 4.14. The molecule has 0 N–H and O–H groups in total. The van der Waals surface area contributed by atoms with Crippen LogP contribution in [0.1, 0.15) is 16.8 Å². The SMILES string of the molecule is O=C(/C=C/c1ccccc1)OCc1cn(Cc2ccc(I)cc2)nn1. The summed E-state index contributed by atoms with van der Waals surface area (Å²) in [6.07, 6.45) is 4.91. The zero-order valence-corrected chi connectivity index (χ0v) is 15.5. The molecule has 0 aliphatic rings. The summed E-state index contributed by atoms with van der Waals surface area (Å²) in [5, 5.41) is 8.09. The first-order valence-electron chi connectivity index (χ1n) is 7.72. The van der Waals surface area contributed by atoms with E-state index in [4.69, 9.17) is 4.74 Å². The molecule has 0 amide bonds. The maximum atomic E-state index is 11.8. The van der Waals surface area contributed by atoms with Gasteiger partial charge in [0.15, 0.2) is 0 Å². The third kappa shape index (κ3) is 5.53. The predicted octanol–water partition coefficient (Wildman–Crippen LogP) is 3.69. The van der Waals surface area contributed by atoms with Crippen molar-refractivity contribution in [3.8, 4) is 0 Å². The van der Waals surface area contributed by atoms with Gasteiger partial charge in [-0.3, -0.25) is 0 Å². The molecule has 0 fully saturated rings. The summed E-state index contributed by atoms with van der Waals surface area (Å²) < 4.78 is 8.10. The molecule has 0 saturated heterocycles.